The van der Waals surface area contributed by atoms with Crippen LogP contribution in [0, 0.1) is 0 Å². The molecule has 1 heterocycles. The fourth-order valence-electron chi connectivity index (χ4n) is 4.04. The summed E-state index contributed by atoms with van der Waals surface area (Å²) in [6.45, 7) is 8.89. The highest BCUT2D eigenvalue weighted by Gasteiger charge is 2.21. The lowest BCUT2D eigenvalue weighted by atomic mass is 9.88. The Morgan fingerprint density at radius 1 is 0.806 bits per heavy atom. The van der Waals surface area contributed by atoms with Crippen LogP contribution in [-0.2, 0) is 0 Å². The lowest BCUT2D eigenvalue weighted by molar-refractivity contribution is 0.807. The third kappa shape index (κ3) is 4.17. The molecule has 158 valence electrons. The quantitative estimate of drug-likeness (QED) is 0.305. The molecular formula is C27H27FN2S. The average Bonchev–Trinajstić information content (AvgIpc) is 3.28. The van der Waals surface area contributed by atoms with Crippen molar-refractivity contribution < 1.29 is 3.89 Å². The van der Waals surface area contributed by atoms with Crippen LogP contribution in [0.4, 0.5) is 3.89 Å². The molecule has 0 radical (unpaired) electrons. The standard InChI is InChI=1S/C27H27FN2S/c1-18(2)23-16-21(20-10-6-5-7-11-20)17-24(19(3)4)26(23)30-15-14-29-27(30)22-12-8-9-13-25(22)31-28/h5-19H,1-4H3. The largest absolute Gasteiger partial charge is 0.299 e. The molecule has 0 aliphatic carbocycles. The minimum Gasteiger partial charge on any atom is -0.299 e. The number of aromatic nitrogens is 2. The van der Waals surface area contributed by atoms with Gasteiger partial charge in [-0.3, -0.25) is 4.57 Å². The fraction of sp³-hybridized carbons (Fsp3) is 0.222. The van der Waals surface area contributed by atoms with Crippen LogP contribution in [0.3, 0.4) is 0 Å². The Balaban J connectivity index is 1.99. The Bertz CT molecular complexity index is 1150. The van der Waals surface area contributed by atoms with Gasteiger partial charge >= 0.3 is 0 Å². The maximum Gasteiger partial charge on any atom is 0.145 e. The van der Waals surface area contributed by atoms with E-state index in [1.807, 2.05) is 30.5 Å². The van der Waals surface area contributed by atoms with E-state index in [1.54, 1.807) is 12.3 Å². The van der Waals surface area contributed by atoms with Crippen molar-refractivity contribution >= 4 is 12.1 Å². The summed E-state index contributed by atoms with van der Waals surface area (Å²) in [5, 5.41) is 0. The summed E-state index contributed by atoms with van der Waals surface area (Å²) in [5.74, 6) is 1.39. The molecule has 0 atom stereocenters. The van der Waals surface area contributed by atoms with Crippen LogP contribution in [0.1, 0.15) is 50.7 Å². The van der Waals surface area contributed by atoms with Crippen molar-refractivity contribution in [2.24, 2.45) is 0 Å². The Hall–Kier alpha value is -2.85. The molecule has 0 aliphatic rings. The molecule has 31 heavy (non-hydrogen) atoms. The zero-order chi connectivity index (χ0) is 22.0. The van der Waals surface area contributed by atoms with Gasteiger partial charge in [-0.1, -0.05) is 76.2 Å². The Morgan fingerprint density at radius 2 is 1.42 bits per heavy atom. The van der Waals surface area contributed by atoms with Crippen LogP contribution in [0.2, 0.25) is 0 Å². The maximum absolute atomic E-state index is 13.6. The molecular weight excluding hydrogens is 403 g/mol. The predicted molar refractivity (Wildman–Crippen MR) is 130 cm³/mol. The van der Waals surface area contributed by atoms with Crippen LogP contribution in [-0.4, -0.2) is 9.55 Å². The van der Waals surface area contributed by atoms with Gasteiger partial charge in [-0.05, 0) is 52.3 Å². The van der Waals surface area contributed by atoms with Crippen LogP contribution in [0.25, 0.3) is 28.2 Å². The molecule has 3 aromatic carbocycles. The van der Waals surface area contributed by atoms with E-state index in [2.05, 4.69) is 73.6 Å². The van der Waals surface area contributed by atoms with Crippen molar-refractivity contribution in [3.63, 3.8) is 0 Å². The average molecular weight is 431 g/mol. The number of halogens is 1. The van der Waals surface area contributed by atoms with E-state index in [0.717, 1.165) is 17.1 Å². The molecule has 4 heteroatoms. The van der Waals surface area contributed by atoms with Crippen molar-refractivity contribution in [3.05, 3.63) is 90.3 Å². The second kappa shape index (κ2) is 9.11. The van der Waals surface area contributed by atoms with Crippen molar-refractivity contribution in [1.29, 1.82) is 0 Å². The molecule has 4 aromatic rings. The molecule has 0 spiro atoms. The van der Waals surface area contributed by atoms with Gasteiger partial charge in [-0.15, -0.1) is 0 Å². The number of imidazole rings is 1. The van der Waals surface area contributed by atoms with E-state index < -0.39 is 0 Å². The van der Waals surface area contributed by atoms with Gasteiger partial charge in [0.15, 0.2) is 0 Å². The number of hydrogen-bond donors (Lipinski definition) is 0. The van der Waals surface area contributed by atoms with Gasteiger partial charge in [0.2, 0.25) is 0 Å². The SMILES string of the molecule is CC(C)c1cc(-c2ccccc2)cc(C(C)C)c1-n1ccnc1-c1ccccc1SF. The van der Waals surface area contributed by atoms with Crippen LogP contribution in [0.15, 0.2) is 84.0 Å². The van der Waals surface area contributed by atoms with Crippen molar-refractivity contribution in [3.8, 4) is 28.2 Å². The van der Waals surface area contributed by atoms with Crippen molar-refractivity contribution in [2.45, 2.75) is 44.4 Å². The first-order valence-corrected chi connectivity index (χ1v) is 11.4. The zero-order valence-corrected chi connectivity index (χ0v) is 19.2. The van der Waals surface area contributed by atoms with E-state index in [-0.39, 0.29) is 12.1 Å². The summed E-state index contributed by atoms with van der Waals surface area (Å²) in [4.78, 5) is 5.21. The first kappa shape index (κ1) is 21.4. The number of nitrogens with zero attached hydrogens (tertiary/aromatic N) is 2. The fourth-order valence-corrected chi connectivity index (χ4v) is 4.41. The number of hydrogen-bond acceptors (Lipinski definition) is 2. The summed E-state index contributed by atoms with van der Waals surface area (Å²) in [6, 6.07) is 22.6. The normalized spacial score (nSPS) is 11.5. The van der Waals surface area contributed by atoms with Crippen LogP contribution < -0.4 is 0 Å². The van der Waals surface area contributed by atoms with Crippen molar-refractivity contribution in [2.75, 3.05) is 0 Å². The molecule has 4 rings (SSSR count). The molecule has 0 amide bonds. The number of benzene rings is 3. The first-order valence-electron chi connectivity index (χ1n) is 10.7. The second-order valence-corrected chi connectivity index (χ2v) is 8.97. The minimum absolute atomic E-state index is 0.265. The second-order valence-electron chi connectivity index (χ2n) is 8.37. The Labute approximate surface area is 188 Å². The highest BCUT2D eigenvalue weighted by molar-refractivity contribution is 7.94. The molecule has 0 fully saturated rings. The molecule has 0 saturated heterocycles. The number of rotatable bonds is 6. The molecule has 0 saturated carbocycles. The third-order valence-electron chi connectivity index (χ3n) is 5.61. The monoisotopic (exact) mass is 430 g/mol. The molecule has 0 bridgehead atoms. The molecule has 1 aromatic heterocycles. The van der Waals surface area contributed by atoms with E-state index >= 15 is 0 Å². The van der Waals surface area contributed by atoms with Crippen molar-refractivity contribution in [1.82, 2.24) is 9.55 Å². The topological polar surface area (TPSA) is 17.8 Å². The zero-order valence-electron chi connectivity index (χ0n) is 18.3. The highest BCUT2D eigenvalue weighted by atomic mass is 32.2. The lowest BCUT2D eigenvalue weighted by Gasteiger charge is -2.24. The van der Waals surface area contributed by atoms with Crippen LogP contribution in [0.5, 0.6) is 0 Å². The molecule has 0 N–H and O–H groups in total. The van der Waals surface area contributed by atoms with Crippen LogP contribution >= 0.6 is 12.1 Å². The Morgan fingerprint density at radius 3 is 2.03 bits per heavy atom. The van der Waals surface area contributed by atoms with Gasteiger partial charge in [0, 0.05) is 18.0 Å². The van der Waals surface area contributed by atoms with Gasteiger partial charge in [-0.2, -0.15) is 3.89 Å². The molecule has 0 unspecified atom stereocenters. The molecule has 0 aliphatic heterocycles. The van der Waals surface area contributed by atoms with Gasteiger partial charge in [0.05, 0.1) is 22.7 Å². The third-order valence-corrected chi connectivity index (χ3v) is 6.13. The minimum atomic E-state index is 0.265. The van der Waals surface area contributed by atoms with E-state index in [9.17, 15) is 3.89 Å². The first-order chi connectivity index (χ1) is 15.0. The highest BCUT2D eigenvalue weighted by Crippen LogP contribution is 2.39. The summed E-state index contributed by atoms with van der Waals surface area (Å²) >= 11 is 0.265. The van der Waals surface area contributed by atoms with E-state index in [0.29, 0.717) is 16.7 Å². The lowest BCUT2D eigenvalue weighted by Crippen LogP contribution is -2.09. The summed E-state index contributed by atoms with van der Waals surface area (Å²) in [5.41, 5.74) is 6.90. The van der Waals surface area contributed by atoms with E-state index in [4.69, 9.17) is 0 Å². The van der Waals surface area contributed by atoms with Gasteiger partial charge in [0.25, 0.3) is 0 Å². The Kier molecular flexibility index (Phi) is 6.28. The van der Waals surface area contributed by atoms with E-state index in [1.165, 1.54) is 22.3 Å². The maximum atomic E-state index is 13.6. The van der Waals surface area contributed by atoms with Gasteiger partial charge in [-0.25, -0.2) is 4.98 Å². The summed E-state index contributed by atoms with van der Waals surface area (Å²) in [7, 11) is 0. The summed E-state index contributed by atoms with van der Waals surface area (Å²) in [6.07, 6.45) is 3.79. The predicted octanol–water partition coefficient (Wildman–Crippen LogP) is 8.43. The smallest absolute Gasteiger partial charge is 0.145 e. The van der Waals surface area contributed by atoms with Gasteiger partial charge in [0.1, 0.15) is 5.82 Å². The molecule has 2 nitrogen and oxygen atoms in total. The van der Waals surface area contributed by atoms with Gasteiger partial charge < -0.3 is 0 Å². The summed E-state index contributed by atoms with van der Waals surface area (Å²) < 4.78 is 15.8.